The van der Waals surface area contributed by atoms with Gasteiger partial charge in [0.15, 0.2) is 0 Å². The summed E-state index contributed by atoms with van der Waals surface area (Å²) in [5.74, 6) is 0. The Morgan fingerprint density at radius 1 is 0.388 bits per heavy atom. The van der Waals surface area contributed by atoms with Crippen LogP contribution in [0.1, 0.15) is 0 Å². The van der Waals surface area contributed by atoms with E-state index in [4.69, 9.17) is 4.42 Å². The van der Waals surface area contributed by atoms with Crippen LogP contribution in [0.3, 0.4) is 0 Å². The van der Waals surface area contributed by atoms with Gasteiger partial charge in [-0.25, -0.2) is 0 Å². The Kier molecular flexibility index (Phi) is 6.39. The van der Waals surface area contributed by atoms with Crippen molar-refractivity contribution in [1.29, 1.82) is 0 Å². The number of hydrogen-bond acceptors (Lipinski definition) is 3. The highest BCUT2D eigenvalue weighted by molar-refractivity contribution is 7.26. The van der Waals surface area contributed by atoms with Crippen LogP contribution in [0.4, 0.5) is 17.1 Å². The number of hydrogen-bond donors (Lipinski definition) is 0. The topological polar surface area (TPSA) is 16.4 Å². The van der Waals surface area contributed by atoms with Crippen LogP contribution in [0.5, 0.6) is 0 Å². The molecule has 0 bridgehead atoms. The Morgan fingerprint density at radius 2 is 0.959 bits per heavy atom. The van der Waals surface area contributed by atoms with Crippen molar-refractivity contribution in [3.05, 3.63) is 176 Å². The molecule has 0 N–H and O–H groups in total. The fourth-order valence-corrected chi connectivity index (χ4v) is 8.40. The molecule has 230 valence electrons. The van der Waals surface area contributed by atoms with Crippen LogP contribution in [-0.2, 0) is 0 Å². The Morgan fingerprint density at radius 3 is 1.63 bits per heavy atom. The fraction of sp³-hybridized carbons (Fsp3) is 0. The summed E-state index contributed by atoms with van der Waals surface area (Å²) in [6.07, 6.45) is 0. The predicted molar refractivity (Wildman–Crippen MR) is 210 cm³/mol. The molecular formula is C46H29NOS. The molecule has 2 heterocycles. The van der Waals surface area contributed by atoms with Crippen molar-refractivity contribution in [1.82, 2.24) is 0 Å². The first kappa shape index (κ1) is 27.9. The molecule has 0 saturated heterocycles. The van der Waals surface area contributed by atoms with Gasteiger partial charge in [0, 0.05) is 53.4 Å². The third-order valence-electron chi connectivity index (χ3n) is 9.67. The quantitative estimate of drug-likeness (QED) is 0.186. The third kappa shape index (κ3) is 4.62. The Balaban J connectivity index is 1.17. The second kappa shape index (κ2) is 11.2. The summed E-state index contributed by atoms with van der Waals surface area (Å²) in [7, 11) is 0. The highest BCUT2D eigenvalue weighted by Gasteiger charge is 2.19. The maximum Gasteiger partial charge on any atom is 0.143 e. The number of benzene rings is 8. The van der Waals surface area contributed by atoms with Crippen molar-refractivity contribution in [3.8, 4) is 22.3 Å². The van der Waals surface area contributed by atoms with E-state index in [1.54, 1.807) is 0 Å². The molecule has 0 aliphatic carbocycles. The van der Waals surface area contributed by atoms with Crippen LogP contribution in [0.25, 0.3) is 75.1 Å². The van der Waals surface area contributed by atoms with Crippen LogP contribution in [-0.4, -0.2) is 0 Å². The molecular weight excluding hydrogens is 615 g/mol. The lowest BCUT2D eigenvalue weighted by atomic mass is 10.0. The van der Waals surface area contributed by atoms with Gasteiger partial charge in [-0.1, -0.05) is 115 Å². The van der Waals surface area contributed by atoms with Crippen molar-refractivity contribution in [2.24, 2.45) is 0 Å². The molecule has 3 heteroatoms. The van der Waals surface area contributed by atoms with Gasteiger partial charge < -0.3 is 9.32 Å². The zero-order chi connectivity index (χ0) is 32.3. The minimum Gasteiger partial charge on any atom is -0.455 e. The van der Waals surface area contributed by atoms with E-state index >= 15 is 0 Å². The minimum absolute atomic E-state index is 0.925. The van der Waals surface area contributed by atoms with Gasteiger partial charge in [0.05, 0.1) is 0 Å². The SMILES string of the molecule is c1ccc(-c2ccc(N(c3ccc(-c4ccccc4)cc3)c3ccc4sc5ccc6oc7c8ccccc8ccc7c6c5c4c3)cc2)cc1. The summed E-state index contributed by atoms with van der Waals surface area (Å²) in [5.41, 5.74) is 10.0. The summed E-state index contributed by atoms with van der Waals surface area (Å²) >= 11 is 1.84. The van der Waals surface area contributed by atoms with E-state index in [-0.39, 0.29) is 0 Å². The number of rotatable bonds is 5. The van der Waals surface area contributed by atoms with Crippen molar-refractivity contribution in [2.75, 3.05) is 4.90 Å². The van der Waals surface area contributed by atoms with Gasteiger partial charge in [0.2, 0.25) is 0 Å². The van der Waals surface area contributed by atoms with E-state index in [2.05, 4.69) is 181 Å². The van der Waals surface area contributed by atoms with Crippen LogP contribution < -0.4 is 4.90 Å². The van der Waals surface area contributed by atoms with E-state index in [0.29, 0.717) is 0 Å². The molecule has 0 atom stereocenters. The minimum atomic E-state index is 0.925. The van der Waals surface area contributed by atoms with Crippen LogP contribution in [0.2, 0.25) is 0 Å². The van der Waals surface area contributed by atoms with Crippen LogP contribution in [0.15, 0.2) is 180 Å². The number of fused-ring (bicyclic) bond motifs is 9. The van der Waals surface area contributed by atoms with Crippen molar-refractivity contribution < 1.29 is 4.42 Å². The highest BCUT2D eigenvalue weighted by atomic mass is 32.1. The molecule has 2 aromatic heterocycles. The fourth-order valence-electron chi connectivity index (χ4n) is 7.30. The first-order chi connectivity index (χ1) is 24.3. The summed E-state index contributed by atoms with van der Waals surface area (Å²) < 4.78 is 9.13. The first-order valence-electron chi connectivity index (χ1n) is 16.6. The molecule has 0 radical (unpaired) electrons. The van der Waals surface area contributed by atoms with Gasteiger partial charge in [0.1, 0.15) is 11.2 Å². The monoisotopic (exact) mass is 643 g/mol. The van der Waals surface area contributed by atoms with Crippen molar-refractivity contribution >= 4 is 81.3 Å². The second-order valence-corrected chi connectivity index (χ2v) is 13.6. The largest absolute Gasteiger partial charge is 0.455 e. The predicted octanol–water partition coefficient (Wildman–Crippen LogP) is 13.9. The normalized spacial score (nSPS) is 11.7. The summed E-state index contributed by atoms with van der Waals surface area (Å²) in [5, 5.41) is 7.18. The summed E-state index contributed by atoms with van der Waals surface area (Å²) in [6, 6.07) is 63.1. The zero-order valence-corrected chi connectivity index (χ0v) is 27.3. The number of thiophene rings is 1. The van der Waals surface area contributed by atoms with E-state index in [0.717, 1.165) is 39.0 Å². The highest BCUT2D eigenvalue weighted by Crippen LogP contribution is 2.46. The van der Waals surface area contributed by atoms with Crippen LogP contribution >= 0.6 is 11.3 Å². The average Bonchev–Trinajstić information content (AvgIpc) is 3.74. The van der Waals surface area contributed by atoms with E-state index in [1.807, 2.05) is 11.3 Å². The lowest BCUT2D eigenvalue weighted by molar-refractivity contribution is 0.673. The van der Waals surface area contributed by atoms with Gasteiger partial charge in [-0.15, -0.1) is 11.3 Å². The van der Waals surface area contributed by atoms with Gasteiger partial charge in [-0.3, -0.25) is 0 Å². The van der Waals surface area contributed by atoms with E-state index in [9.17, 15) is 0 Å². The molecule has 10 aromatic rings. The molecule has 0 aliphatic heterocycles. The van der Waals surface area contributed by atoms with Crippen molar-refractivity contribution in [2.45, 2.75) is 0 Å². The second-order valence-electron chi connectivity index (χ2n) is 12.5. The standard InChI is InChI=1S/C46H29NOS/c1-3-9-30(10-4-1)32-15-20-35(21-16-32)47(36-22-17-33(18-23-36)31-11-5-2-6-12-31)37-24-27-42-40(29-37)45-43(49-42)28-26-41-44(45)39-25-19-34-13-7-8-14-38(34)46(39)48-41/h1-29H. The zero-order valence-electron chi connectivity index (χ0n) is 26.5. The van der Waals surface area contributed by atoms with E-state index in [1.165, 1.54) is 53.2 Å². The van der Waals surface area contributed by atoms with Crippen LogP contribution in [0, 0.1) is 0 Å². The van der Waals surface area contributed by atoms with Gasteiger partial charge in [-0.05, 0) is 88.3 Å². The van der Waals surface area contributed by atoms with E-state index < -0.39 is 0 Å². The molecule has 0 saturated carbocycles. The Bertz CT molecular complexity index is 2710. The number of furan rings is 1. The lowest BCUT2D eigenvalue weighted by Crippen LogP contribution is -2.09. The third-order valence-corrected chi connectivity index (χ3v) is 10.8. The maximum absolute atomic E-state index is 6.60. The Labute approximate surface area is 287 Å². The molecule has 0 unspecified atom stereocenters. The molecule has 0 amide bonds. The maximum atomic E-state index is 6.60. The van der Waals surface area contributed by atoms with Gasteiger partial charge in [0.25, 0.3) is 0 Å². The Hall–Kier alpha value is -6.16. The number of anilines is 3. The molecule has 49 heavy (non-hydrogen) atoms. The molecule has 0 fully saturated rings. The lowest BCUT2D eigenvalue weighted by Gasteiger charge is -2.26. The van der Waals surface area contributed by atoms with Crippen molar-refractivity contribution in [3.63, 3.8) is 0 Å². The molecule has 8 aromatic carbocycles. The average molecular weight is 644 g/mol. The molecule has 0 spiro atoms. The summed E-state index contributed by atoms with van der Waals surface area (Å²) in [4.78, 5) is 2.37. The molecule has 0 aliphatic rings. The molecule has 10 rings (SSSR count). The van der Waals surface area contributed by atoms with Gasteiger partial charge in [-0.2, -0.15) is 0 Å². The number of nitrogens with zero attached hydrogens (tertiary/aromatic N) is 1. The molecule has 2 nitrogen and oxygen atoms in total. The van der Waals surface area contributed by atoms with Gasteiger partial charge >= 0.3 is 0 Å². The first-order valence-corrected chi connectivity index (χ1v) is 17.4. The smallest absolute Gasteiger partial charge is 0.143 e. The summed E-state index contributed by atoms with van der Waals surface area (Å²) in [6.45, 7) is 0.